The van der Waals surface area contributed by atoms with Gasteiger partial charge < -0.3 is 15.4 Å². The first kappa shape index (κ1) is 25.8. The largest absolute Gasteiger partial charge is 0.460 e. The van der Waals surface area contributed by atoms with E-state index in [1.54, 1.807) is 0 Å². The maximum atomic E-state index is 12.8. The first-order chi connectivity index (χ1) is 13.7. The predicted octanol–water partition coefficient (Wildman–Crippen LogP) is 3.53. The van der Waals surface area contributed by atoms with Crippen LogP contribution in [0.3, 0.4) is 0 Å². The number of thioether (sulfide) groups is 1. The minimum Gasteiger partial charge on any atom is -0.460 e. The highest BCUT2D eigenvalue weighted by Gasteiger charge is 2.33. The molecule has 1 rings (SSSR count). The molecule has 0 radical (unpaired) electrons. The van der Waals surface area contributed by atoms with Gasteiger partial charge in [0.15, 0.2) is 0 Å². The van der Waals surface area contributed by atoms with Gasteiger partial charge in [-0.1, -0.05) is 40.5 Å². The van der Waals surface area contributed by atoms with E-state index in [2.05, 4.69) is 10.6 Å². The summed E-state index contributed by atoms with van der Waals surface area (Å²) in [5, 5.41) is 6.38. The second-order valence-electron chi connectivity index (χ2n) is 8.74. The third-order valence-electron chi connectivity index (χ3n) is 5.17. The molecule has 0 aromatic heterocycles. The Morgan fingerprint density at radius 2 is 1.76 bits per heavy atom. The molecule has 0 spiro atoms. The molecule has 1 fully saturated rings. The van der Waals surface area contributed by atoms with Crippen LogP contribution in [-0.2, 0) is 19.1 Å². The van der Waals surface area contributed by atoms with Crippen LogP contribution in [0.15, 0.2) is 0 Å². The van der Waals surface area contributed by atoms with Crippen LogP contribution in [0.25, 0.3) is 0 Å². The summed E-state index contributed by atoms with van der Waals surface area (Å²) in [4.78, 5) is 35.7. The fraction of sp³-hybridized carbons (Fsp3) is 0.864. The average molecular weight is 429 g/mol. The Kier molecular flexibility index (Phi) is 12.4. The number of rotatable bonds is 14. The summed E-state index contributed by atoms with van der Waals surface area (Å²) in [6.45, 7) is 10.5. The van der Waals surface area contributed by atoms with Crippen molar-refractivity contribution < 1.29 is 19.1 Å². The van der Waals surface area contributed by atoms with Crippen molar-refractivity contribution in [1.82, 2.24) is 10.6 Å². The maximum Gasteiger partial charge on any atom is 0.302 e. The Balaban J connectivity index is 2.35. The molecule has 6 nitrogen and oxygen atoms in total. The van der Waals surface area contributed by atoms with E-state index in [9.17, 15) is 14.4 Å². The second kappa shape index (κ2) is 13.9. The minimum atomic E-state index is -0.315. The maximum absolute atomic E-state index is 12.8. The van der Waals surface area contributed by atoms with E-state index in [1.165, 1.54) is 6.92 Å². The molecule has 0 aromatic rings. The lowest BCUT2D eigenvalue weighted by atomic mass is 9.94. The molecule has 1 saturated heterocycles. The van der Waals surface area contributed by atoms with Crippen molar-refractivity contribution in [3.63, 3.8) is 0 Å². The van der Waals surface area contributed by atoms with E-state index >= 15 is 0 Å². The highest BCUT2D eigenvalue weighted by atomic mass is 32.2. The predicted molar refractivity (Wildman–Crippen MR) is 119 cm³/mol. The summed E-state index contributed by atoms with van der Waals surface area (Å²) in [7, 11) is 0. The molecule has 0 aliphatic carbocycles. The zero-order valence-corrected chi connectivity index (χ0v) is 19.6. The standard InChI is InChI=1S/C22H40N2O4S/c1-15(2)13-21(26)23-11-8-6-7-9-18(20-10-12-29-20)22(27)24-14-19(16(3)4)28-17(5)25/h15-16,18-20H,6-14H2,1-5H3,(H,23,26)(H,24,27). The molecule has 29 heavy (non-hydrogen) atoms. The third kappa shape index (κ3) is 10.9. The Morgan fingerprint density at radius 3 is 2.28 bits per heavy atom. The molecule has 168 valence electrons. The number of esters is 1. The van der Waals surface area contributed by atoms with Gasteiger partial charge in [-0.15, -0.1) is 0 Å². The first-order valence-electron chi connectivity index (χ1n) is 11.0. The highest BCUT2D eigenvalue weighted by Crippen LogP contribution is 2.36. The van der Waals surface area contributed by atoms with Crippen molar-refractivity contribution in [1.29, 1.82) is 0 Å². The van der Waals surface area contributed by atoms with Gasteiger partial charge in [-0.2, -0.15) is 11.8 Å². The SMILES string of the molecule is CC(=O)OC(CNC(=O)C(CCCCCNC(=O)CC(C)C)C1CCS1)C(C)C. The normalized spacial score (nSPS) is 18.1. The van der Waals surface area contributed by atoms with Crippen molar-refractivity contribution in [3.05, 3.63) is 0 Å². The molecule has 1 aliphatic heterocycles. The van der Waals surface area contributed by atoms with Gasteiger partial charge in [0.05, 0.1) is 6.54 Å². The van der Waals surface area contributed by atoms with E-state index in [0.29, 0.717) is 30.7 Å². The number of hydrogen-bond acceptors (Lipinski definition) is 5. The Bertz CT molecular complexity index is 521. The van der Waals surface area contributed by atoms with E-state index in [-0.39, 0.29) is 35.7 Å². The summed E-state index contributed by atoms with van der Waals surface area (Å²) in [6.07, 6.45) is 5.16. The Morgan fingerprint density at radius 1 is 1.07 bits per heavy atom. The molecule has 0 aromatic carbocycles. The Hall–Kier alpha value is -1.24. The zero-order valence-electron chi connectivity index (χ0n) is 18.8. The summed E-state index contributed by atoms with van der Waals surface area (Å²) in [5.41, 5.74) is 0. The number of carbonyl (C=O) groups excluding carboxylic acids is 3. The molecular formula is C22H40N2O4S. The van der Waals surface area contributed by atoms with Gasteiger partial charge in [0.1, 0.15) is 6.10 Å². The van der Waals surface area contributed by atoms with Gasteiger partial charge in [-0.25, -0.2) is 0 Å². The van der Waals surface area contributed by atoms with Gasteiger partial charge >= 0.3 is 5.97 Å². The molecule has 0 bridgehead atoms. The van der Waals surface area contributed by atoms with Crippen LogP contribution in [0.5, 0.6) is 0 Å². The molecule has 2 N–H and O–H groups in total. The van der Waals surface area contributed by atoms with Gasteiger partial charge in [0, 0.05) is 31.1 Å². The lowest BCUT2D eigenvalue weighted by molar-refractivity contribution is -0.149. The Labute approximate surface area is 180 Å². The van der Waals surface area contributed by atoms with E-state index < -0.39 is 0 Å². The van der Waals surface area contributed by atoms with Crippen molar-refractivity contribution in [3.8, 4) is 0 Å². The fourth-order valence-corrected chi connectivity index (χ4v) is 4.35. The van der Waals surface area contributed by atoms with Gasteiger partial charge in [-0.05, 0) is 36.9 Å². The molecule has 1 heterocycles. The number of carbonyl (C=O) groups is 3. The number of hydrogen-bond donors (Lipinski definition) is 2. The van der Waals surface area contributed by atoms with Gasteiger partial charge in [0.2, 0.25) is 11.8 Å². The lowest BCUT2D eigenvalue weighted by Crippen LogP contribution is -2.44. The zero-order chi connectivity index (χ0) is 21.8. The van der Waals surface area contributed by atoms with Crippen molar-refractivity contribution in [2.45, 2.75) is 84.5 Å². The number of unbranched alkanes of at least 4 members (excludes halogenated alkanes) is 2. The third-order valence-corrected chi connectivity index (χ3v) is 6.63. The topological polar surface area (TPSA) is 84.5 Å². The molecule has 7 heteroatoms. The second-order valence-corrected chi connectivity index (χ2v) is 10.1. The summed E-state index contributed by atoms with van der Waals surface area (Å²) >= 11 is 1.87. The van der Waals surface area contributed by atoms with Gasteiger partial charge in [0.25, 0.3) is 0 Å². The summed E-state index contributed by atoms with van der Waals surface area (Å²) in [6, 6.07) is 0. The lowest BCUT2D eigenvalue weighted by Gasteiger charge is -2.33. The molecule has 3 atom stereocenters. The van der Waals surface area contributed by atoms with Crippen molar-refractivity contribution in [2.24, 2.45) is 17.8 Å². The fourth-order valence-electron chi connectivity index (χ4n) is 3.35. The van der Waals surface area contributed by atoms with Gasteiger partial charge in [-0.3, -0.25) is 14.4 Å². The molecule has 3 unspecified atom stereocenters. The number of nitrogens with one attached hydrogen (secondary N) is 2. The van der Waals surface area contributed by atoms with Crippen LogP contribution in [-0.4, -0.2) is 48.0 Å². The van der Waals surface area contributed by atoms with Crippen LogP contribution in [0.2, 0.25) is 0 Å². The van der Waals surface area contributed by atoms with Crippen LogP contribution in [0.4, 0.5) is 0 Å². The molecule has 0 saturated carbocycles. The van der Waals surface area contributed by atoms with E-state index in [4.69, 9.17) is 4.74 Å². The van der Waals surface area contributed by atoms with Crippen LogP contribution >= 0.6 is 11.8 Å². The van der Waals surface area contributed by atoms with Crippen LogP contribution in [0, 0.1) is 17.8 Å². The van der Waals surface area contributed by atoms with Crippen molar-refractivity contribution in [2.75, 3.05) is 18.8 Å². The first-order valence-corrected chi connectivity index (χ1v) is 12.1. The smallest absolute Gasteiger partial charge is 0.302 e. The van der Waals surface area contributed by atoms with Crippen LogP contribution in [0.1, 0.15) is 73.1 Å². The quantitative estimate of drug-likeness (QED) is 0.327. The minimum absolute atomic E-state index is 0.00872. The summed E-state index contributed by atoms with van der Waals surface area (Å²) in [5.74, 6) is 1.55. The number of amides is 2. The average Bonchev–Trinajstić information content (AvgIpc) is 2.57. The molecule has 2 amide bonds. The van der Waals surface area contributed by atoms with E-state index in [1.807, 2.05) is 39.5 Å². The summed E-state index contributed by atoms with van der Waals surface area (Å²) < 4.78 is 5.32. The molecular weight excluding hydrogens is 388 g/mol. The van der Waals surface area contributed by atoms with Crippen LogP contribution < -0.4 is 10.6 Å². The van der Waals surface area contributed by atoms with E-state index in [0.717, 1.165) is 37.9 Å². The number of ether oxygens (including phenoxy) is 1. The van der Waals surface area contributed by atoms with Crippen molar-refractivity contribution >= 4 is 29.5 Å². The molecule has 1 aliphatic rings. The monoisotopic (exact) mass is 428 g/mol. The highest BCUT2D eigenvalue weighted by molar-refractivity contribution is 8.01.